The van der Waals surface area contributed by atoms with Gasteiger partial charge in [-0.25, -0.2) is 19.7 Å². The maximum Gasteiger partial charge on any atom is 0.408 e. The number of rotatable bonds is 7. The van der Waals surface area contributed by atoms with Crippen LogP contribution in [0.3, 0.4) is 0 Å². The number of likely N-dealkylation sites (tertiary alicyclic amines) is 1. The maximum absolute atomic E-state index is 13.1. The highest BCUT2D eigenvalue weighted by Crippen LogP contribution is 2.43. The zero-order valence-electron chi connectivity index (χ0n) is 23.5. The third-order valence-corrected chi connectivity index (χ3v) is 8.65. The van der Waals surface area contributed by atoms with Gasteiger partial charge < -0.3 is 34.7 Å². The van der Waals surface area contributed by atoms with Crippen LogP contribution in [0.2, 0.25) is 0 Å². The normalized spacial score (nSPS) is 17.5. The quantitative estimate of drug-likeness (QED) is 0.374. The highest BCUT2D eigenvalue weighted by Gasteiger charge is 2.29. The number of halogens is 1. The Labute approximate surface area is 251 Å². The van der Waals surface area contributed by atoms with Crippen molar-refractivity contribution in [3.05, 3.63) is 22.9 Å². The van der Waals surface area contributed by atoms with Crippen molar-refractivity contribution in [1.82, 2.24) is 29.7 Å². The molecule has 3 N–H and O–H groups in total. The van der Waals surface area contributed by atoms with E-state index in [2.05, 4.69) is 31.2 Å². The van der Waals surface area contributed by atoms with E-state index in [1.165, 1.54) is 11.8 Å². The van der Waals surface area contributed by atoms with Gasteiger partial charge in [-0.05, 0) is 92.7 Å². The summed E-state index contributed by atoms with van der Waals surface area (Å²) in [6.45, 7) is 9.19. The predicted molar refractivity (Wildman–Crippen MR) is 156 cm³/mol. The van der Waals surface area contributed by atoms with Gasteiger partial charge in [0, 0.05) is 29.0 Å². The molecule has 0 aliphatic carbocycles. The zero-order valence-corrected chi connectivity index (χ0v) is 25.9. The van der Waals surface area contributed by atoms with Crippen LogP contribution in [0, 0.1) is 5.92 Å². The first-order chi connectivity index (χ1) is 19.5. The van der Waals surface area contributed by atoms with Gasteiger partial charge in [0.05, 0.1) is 6.33 Å². The van der Waals surface area contributed by atoms with Gasteiger partial charge in [-0.2, -0.15) is 0 Å². The van der Waals surface area contributed by atoms with Crippen molar-refractivity contribution in [2.45, 2.75) is 75.2 Å². The molecule has 1 unspecified atom stereocenters. The number of piperidine rings is 1. The lowest BCUT2D eigenvalue weighted by molar-refractivity contribution is -0.134. The van der Waals surface area contributed by atoms with E-state index in [-0.39, 0.29) is 12.7 Å². The molecule has 0 saturated carbocycles. The molecule has 1 aromatic rings. The van der Waals surface area contributed by atoms with Crippen LogP contribution < -0.4 is 20.5 Å². The highest BCUT2D eigenvalue weighted by molar-refractivity contribution is 9.10. The molecule has 0 aromatic heterocycles. The number of ether oxygens (including phenoxy) is 3. The van der Waals surface area contributed by atoms with Crippen molar-refractivity contribution in [2.24, 2.45) is 5.92 Å². The average Bonchev–Trinajstić information content (AvgIpc) is 3.54. The van der Waals surface area contributed by atoms with E-state index in [1.54, 1.807) is 34.0 Å². The van der Waals surface area contributed by atoms with Crippen molar-refractivity contribution in [3.8, 4) is 23.0 Å². The molecule has 41 heavy (non-hydrogen) atoms. The summed E-state index contributed by atoms with van der Waals surface area (Å²) in [6.07, 6.45) is 3.83. The Bertz CT molecular complexity index is 1410. The van der Waals surface area contributed by atoms with Crippen molar-refractivity contribution in [3.63, 3.8) is 0 Å². The minimum absolute atomic E-state index is 0.108. The topological polar surface area (TPSA) is 147 Å². The van der Waals surface area contributed by atoms with Crippen molar-refractivity contribution < 1.29 is 23.8 Å². The standard InChI is InChI=1S/C27H34BrN7O5S/c1-15(31-26(37)40-27(2,3)4)24(36)34-8-5-6-16(12-34)7-9-35-13-30-22(29)21-23(35)33-25(32-21)41-20-11-19-18(10-17(20)28)38-14-39-19/h10-11,13,15-16H,5-9,12,14,29H2,1-4H3,(H,31,37)/t15-,16?/m1/s1. The van der Waals surface area contributed by atoms with Gasteiger partial charge in [-0.1, -0.05) is 0 Å². The number of nitrogen functional groups attached to an aromatic ring is 1. The summed E-state index contributed by atoms with van der Waals surface area (Å²) < 4.78 is 19.1. The number of fused-ring (bicyclic) bond motifs is 2. The monoisotopic (exact) mass is 647 g/mol. The summed E-state index contributed by atoms with van der Waals surface area (Å²) in [5.74, 6) is 2.54. The Morgan fingerprint density at radius 3 is 2.78 bits per heavy atom. The first-order valence-corrected chi connectivity index (χ1v) is 15.1. The number of carbonyl (C=O) groups is 2. The molecule has 1 saturated heterocycles. The van der Waals surface area contributed by atoms with Gasteiger partial charge >= 0.3 is 6.09 Å². The lowest BCUT2D eigenvalue weighted by Crippen LogP contribution is -2.50. The number of imidazole rings is 1. The number of benzene rings is 1. The van der Waals surface area contributed by atoms with Crippen LogP contribution in [0.1, 0.15) is 47.0 Å². The fourth-order valence-corrected chi connectivity index (χ4v) is 6.21. The van der Waals surface area contributed by atoms with Crippen molar-refractivity contribution in [2.75, 3.05) is 25.6 Å². The van der Waals surface area contributed by atoms with Gasteiger partial charge in [-0.15, -0.1) is 0 Å². The number of amides is 2. The number of aromatic nitrogens is 4. The number of aryl methyl sites for hydroxylation is 1. The van der Waals surface area contributed by atoms with E-state index in [1.807, 2.05) is 21.6 Å². The molecule has 4 aliphatic heterocycles. The third kappa shape index (κ3) is 6.97. The van der Waals surface area contributed by atoms with E-state index in [4.69, 9.17) is 24.9 Å². The molecule has 4 aliphatic rings. The van der Waals surface area contributed by atoms with E-state index in [0.717, 1.165) is 28.6 Å². The first-order valence-electron chi connectivity index (χ1n) is 13.5. The van der Waals surface area contributed by atoms with Crippen LogP contribution >= 0.6 is 27.7 Å². The molecule has 2 amide bonds. The Balaban J connectivity index is 1.22. The number of nitrogens with one attached hydrogen (secondary N) is 1. The summed E-state index contributed by atoms with van der Waals surface area (Å²) >= 11 is 4.99. The Kier molecular flexibility index (Phi) is 8.50. The minimum Gasteiger partial charge on any atom is -0.454 e. The largest absolute Gasteiger partial charge is 0.454 e. The molecule has 12 nitrogen and oxygen atoms in total. The molecule has 220 valence electrons. The van der Waals surface area contributed by atoms with Crippen molar-refractivity contribution in [1.29, 1.82) is 0 Å². The zero-order chi connectivity index (χ0) is 29.3. The van der Waals surface area contributed by atoms with Gasteiger partial charge in [0.15, 0.2) is 34.0 Å². The first kappa shape index (κ1) is 29.2. The molecular weight excluding hydrogens is 614 g/mol. The minimum atomic E-state index is -0.667. The van der Waals surface area contributed by atoms with E-state index in [0.29, 0.717) is 59.5 Å². The van der Waals surface area contributed by atoms with E-state index in [9.17, 15) is 9.59 Å². The van der Waals surface area contributed by atoms with E-state index >= 15 is 0 Å². The smallest absolute Gasteiger partial charge is 0.408 e. The molecule has 2 atom stereocenters. The number of hydrogen-bond donors (Lipinski definition) is 2. The summed E-state index contributed by atoms with van der Waals surface area (Å²) in [4.78, 5) is 41.7. The molecule has 0 bridgehead atoms. The molecular formula is C27H34BrN7O5S. The van der Waals surface area contributed by atoms with Gasteiger partial charge in [-0.3, -0.25) is 4.79 Å². The molecule has 0 spiro atoms. The molecule has 0 radical (unpaired) electrons. The SMILES string of the molecule is C[C@@H](NC(=O)OC(C)(C)C)C(=O)N1CCCC(CCn2cnc(N)c3nc(Sc4cc5c(cc4Br)OCO5)nc2-3)C1. The molecule has 1 aromatic carbocycles. The van der Waals surface area contributed by atoms with Crippen LogP contribution in [0.5, 0.6) is 11.5 Å². The molecule has 5 rings (SSSR count). The fourth-order valence-electron chi connectivity index (χ4n) is 4.86. The van der Waals surface area contributed by atoms with Gasteiger partial charge in [0.1, 0.15) is 11.6 Å². The average molecular weight is 649 g/mol. The Morgan fingerprint density at radius 1 is 1.27 bits per heavy atom. The summed E-state index contributed by atoms with van der Waals surface area (Å²) in [5.41, 5.74) is 6.08. The molecule has 14 heteroatoms. The summed E-state index contributed by atoms with van der Waals surface area (Å²) in [7, 11) is 0. The molecule has 4 heterocycles. The Hall–Kier alpha value is -3.26. The van der Waals surface area contributed by atoms with Crippen LogP contribution in [0.15, 0.2) is 33.0 Å². The lowest BCUT2D eigenvalue weighted by atomic mass is 9.94. The fraction of sp³-hybridized carbons (Fsp3) is 0.519. The highest BCUT2D eigenvalue weighted by atomic mass is 79.9. The third-order valence-electron chi connectivity index (χ3n) is 6.81. The number of anilines is 1. The van der Waals surface area contributed by atoms with Gasteiger partial charge in [0.25, 0.3) is 0 Å². The number of hydrogen-bond acceptors (Lipinski definition) is 10. The van der Waals surface area contributed by atoms with Crippen LogP contribution in [-0.2, 0) is 16.1 Å². The second-order valence-electron chi connectivity index (χ2n) is 11.2. The summed E-state index contributed by atoms with van der Waals surface area (Å²) in [5, 5.41) is 3.21. The summed E-state index contributed by atoms with van der Waals surface area (Å²) in [6, 6.07) is 3.10. The number of nitrogens with zero attached hydrogens (tertiary/aromatic N) is 5. The van der Waals surface area contributed by atoms with Crippen LogP contribution in [0.25, 0.3) is 11.5 Å². The predicted octanol–water partition coefficient (Wildman–Crippen LogP) is 4.54. The number of alkyl carbamates (subject to hydrolysis) is 1. The lowest BCUT2D eigenvalue weighted by Gasteiger charge is -2.34. The second-order valence-corrected chi connectivity index (χ2v) is 13.1. The van der Waals surface area contributed by atoms with Crippen LogP contribution in [-0.4, -0.2) is 67.9 Å². The molecule has 1 fully saturated rings. The number of carbonyl (C=O) groups excluding carboxylic acids is 2. The van der Waals surface area contributed by atoms with Crippen LogP contribution in [0.4, 0.5) is 10.6 Å². The van der Waals surface area contributed by atoms with E-state index < -0.39 is 17.7 Å². The maximum atomic E-state index is 13.1. The Morgan fingerprint density at radius 2 is 2.02 bits per heavy atom. The van der Waals surface area contributed by atoms with Crippen molar-refractivity contribution >= 4 is 45.5 Å². The second kappa shape index (κ2) is 11.9. The van der Waals surface area contributed by atoms with Gasteiger partial charge in [0.2, 0.25) is 12.7 Å². The number of nitrogens with two attached hydrogens (primary N) is 1.